The maximum atomic E-state index is 13.4. The van der Waals surface area contributed by atoms with Crippen molar-refractivity contribution >= 4 is 29.1 Å². The number of hydrogen-bond acceptors (Lipinski definition) is 7. The first-order valence-corrected chi connectivity index (χ1v) is 17.0. The molecule has 2 aromatic heterocycles. The zero-order valence-electron chi connectivity index (χ0n) is 28.2. The fraction of sp³-hybridized carbons (Fsp3) is 0.368. The Kier molecular flexibility index (Phi) is 9.20. The molecule has 11 heteroatoms. The van der Waals surface area contributed by atoms with E-state index in [0.717, 1.165) is 57.7 Å². The molecule has 1 aliphatic carbocycles. The fourth-order valence-electron chi connectivity index (χ4n) is 7.17. The SMILES string of the molecule is CN(C)C(=O)c1ccc(CN2CCn3c(C(=O)NCc4ccc(NC(=O)c5ccc(N6CCOCC6)cc5)cn4)ccc3C23CCC3)cc1. The van der Waals surface area contributed by atoms with Gasteiger partial charge < -0.3 is 29.7 Å². The van der Waals surface area contributed by atoms with E-state index in [0.29, 0.717) is 41.4 Å². The zero-order chi connectivity index (χ0) is 34.0. The van der Waals surface area contributed by atoms with Gasteiger partial charge in [0, 0.05) is 69.3 Å². The summed E-state index contributed by atoms with van der Waals surface area (Å²) in [4.78, 5) is 49.4. The Hall–Kier alpha value is -5.00. The second kappa shape index (κ2) is 13.9. The first kappa shape index (κ1) is 32.5. The zero-order valence-corrected chi connectivity index (χ0v) is 28.2. The molecule has 1 saturated carbocycles. The lowest BCUT2D eigenvalue weighted by Crippen LogP contribution is -2.56. The first-order chi connectivity index (χ1) is 23.8. The van der Waals surface area contributed by atoms with Crippen molar-refractivity contribution in [3.8, 4) is 0 Å². The number of anilines is 2. The average Bonchev–Trinajstić information content (AvgIpc) is 3.55. The highest BCUT2D eigenvalue weighted by molar-refractivity contribution is 6.04. The quantitative estimate of drug-likeness (QED) is 0.272. The highest BCUT2D eigenvalue weighted by Crippen LogP contribution is 2.49. The Labute approximate surface area is 286 Å². The summed E-state index contributed by atoms with van der Waals surface area (Å²) in [5, 5.41) is 5.95. The van der Waals surface area contributed by atoms with Gasteiger partial charge in [-0.3, -0.25) is 24.3 Å². The molecule has 254 valence electrons. The van der Waals surface area contributed by atoms with Crippen molar-refractivity contribution in [2.75, 3.05) is 57.2 Å². The lowest BCUT2D eigenvalue weighted by molar-refractivity contribution is -0.0217. The lowest BCUT2D eigenvalue weighted by Gasteiger charge is -2.53. The van der Waals surface area contributed by atoms with Crippen LogP contribution >= 0.6 is 0 Å². The number of ether oxygens (including phenoxy) is 1. The van der Waals surface area contributed by atoms with Crippen LogP contribution in [-0.2, 0) is 29.9 Å². The number of rotatable bonds is 9. The number of carbonyl (C=O) groups excluding carboxylic acids is 3. The maximum absolute atomic E-state index is 13.4. The van der Waals surface area contributed by atoms with Crippen molar-refractivity contribution in [1.82, 2.24) is 24.7 Å². The van der Waals surface area contributed by atoms with E-state index in [-0.39, 0.29) is 29.8 Å². The Morgan fingerprint density at radius 2 is 1.57 bits per heavy atom. The van der Waals surface area contributed by atoms with Gasteiger partial charge in [0.15, 0.2) is 0 Å². The van der Waals surface area contributed by atoms with Crippen molar-refractivity contribution in [3.63, 3.8) is 0 Å². The minimum absolute atomic E-state index is 0.00213. The molecule has 4 heterocycles. The molecule has 0 radical (unpaired) electrons. The first-order valence-electron chi connectivity index (χ1n) is 17.0. The number of morpholine rings is 1. The lowest BCUT2D eigenvalue weighted by atomic mass is 9.71. The summed E-state index contributed by atoms with van der Waals surface area (Å²) >= 11 is 0. The molecule has 0 atom stereocenters. The number of aromatic nitrogens is 2. The van der Waals surface area contributed by atoms with Crippen LogP contribution in [0.5, 0.6) is 0 Å². The molecule has 49 heavy (non-hydrogen) atoms. The second-order valence-electron chi connectivity index (χ2n) is 13.3. The number of pyridine rings is 1. The van der Waals surface area contributed by atoms with Crippen molar-refractivity contribution in [3.05, 3.63) is 113 Å². The summed E-state index contributed by atoms with van der Waals surface area (Å²) in [5.74, 6) is -0.330. The number of nitrogens with one attached hydrogen (secondary N) is 2. The van der Waals surface area contributed by atoms with E-state index in [1.807, 2.05) is 48.5 Å². The van der Waals surface area contributed by atoms with Gasteiger partial charge in [0.2, 0.25) is 0 Å². The predicted molar refractivity (Wildman–Crippen MR) is 188 cm³/mol. The molecule has 2 aliphatic heterocycles. The minimum atomic E-state index is -0.202. The number of nitrogens with zero attached hydrogens (tertiary/aromatic N) is 5. The Morgan fingerprint density at radius 1 is 0.837 bits per heavy atom. The van der Waals surface area contributed by atoms with Gasteiger partial charge in [0.05, 0.1) is 42.9 Å². The van der Waals surface area contributed by atoms with Crippen LogP contribution in [0.3, 0.4) is 0 Å². The molecule has 11 nitrogen and oxygen atoms in total. The molecular formula is C38H43N7O4. The van der Waals surface area contributed by atoms with Crippen LogP contribution in [0.2, 0.25) is 0 Å². The van der Waals surface area contributed by atoms with Gasteiger partial charge in [0.25, 0.3) is 17.7 Å². The predicted octanol–water partition coefficient (Wildman–Crippen LogP) is 4.50. The topological polar surface area (TPSA) is 112 Å². The molecule has 2 N–H and O–H groups in total. The number of fused-ring (bicyclic) bond motifs is 2. The van der Waals surface area contributed by atoms with E-state index in [1.165, 1.54) is 11.3 Å². The molecule has 7 rings (SSSR count). The van der Waals surface area contributed by atoms with E-state index in [1.54, 1.807) is 31.3 Å². The van der Waals surface area contributed by atoms with Crippen molar-refractivity contribution in [1.29, 1.82) is 0 Å². The second-order valence-corrected chi connectivity index (χ2v) is 13.3. The highest BCUT2D eigenvalue weighted by atomic mass is 16.5. The van der Waals surface area contributed by atoms with Crippen molar-refractivity contribution in [2.45, 2.75) is 44.4 Å². The van der Waals surface area contributed by atoms with Crippen molar-refractivity contribution in [2.24, 2.45) is 0 Å². The molecule has 0 bridgehead atoms. The average molecular weight is 662 g/mol. The Morgan fingerprint density at radius 3 is 2.22 bits per heavy atom. The maximum Gasteiger partial charge on any atom is 0.268 e. The molecule has 3 aliphatic rings. The molecule has 4 aromatic rings. The van der Waals surface area contributed by atoms with Gasteiger partial charge in [-0.15, -0.1) is 0 Å². The summed E-state index contributed by atoms with van der Waals surface area (Å²) in [6.45, 7) is 5.76. The van der Waals surface area contributed by atoms with E-state index >= 15 is 0 Å². The largest absolute Gasteiger partial charge is 0.378 e. The van der Waals surface area contributed by atoms with E-state index in [2.05, 4.69) is 48.2 Å². The standard InChI is InChI=1S/C38H43N7O4/c1-42(2)37(48)29-6-4-27(5-7-29)26-44-18-19-45-33(14-15-34(45)38(44)16-3-17-38)36(47)40-24-30-10-11-31(25-39-30)41-35(46)28-8-12-32(13-9-28)43-20-22-49-23-21-43/h4-15,25H,3,16-24,26H2,1-2H3,(H,40,47)(H,41,46). The van der Waals surface area contributed by atoms with E-state index in [4.69, 9.17) is 4.74 Å². The third kappa shape index (κ3) is 6.68. The van der Waals surface area contributed by atoms with Crippen LogP contribution in [0.4, 0.5) is 11.4 Å². The summed E-state index contributed by atoms with van der Waals surface area (Å²) in [6, 6.07) is 23.2. The van der Waals surface area contributed by atoms with Crippen LogP contribution in [0.25, 0.3) is 0 Å². The van der Waals surface area contributed by atoms with Crippen LogP contribution in [0.15, 0.2) is 79.0 Å². The normalized spacial score (nSPS) is 16.8. The number of amides is 3. The molecule has 2 aromatic carbocycles. The monoisotopic (exact) mass is 661 g/mol. The molecule has 2 fully saturated rings. The van der Waals surface area contributed by atoms with Gasteiger partial charge >= 0.3 is 0 Å². The minimum Gasteiger partial charge on any atom is -0.378 e. The summed E-state index contributed by atoms with van der Waals surface area (Å²) in [6.07, 6.45) is 4.88. The van der Waals surface area contributed by atoms with Gasteiger partial charge in [-0.25, -0.2) is 0 Å². The van der Waals surface area contributed by atoms with Crippen molar-refractivity contribution < 1.29 is 19.1 Å². The Balaban J connectivity index is 0.941. The smallest absolute Gasteiger partial charge is 0.268 e. The van der Waals surface area contributed by atoms with Crippen LogP contribution in [0.1, 0.15) is 67.4 Å². The van der Waals surface area contributed by atoms with E-state index in [9.17, 15) is 14.4 Å². The van der Waals surface area contributed by atoms with Gasteiger partial charge in [-0.2, -0.15) is 0 Å². The molecule has 0 unspecified atom stereocenters. The van der Waals surface area contributed by atoms with Gasteiger partial charge in [0.1, 0.15) is 5.69 Å². The third-order valence-corrected chi connectivity index (χ3v) is 10.1. The molecular weight excluding hydrogens is 618 g/mol. The van der Waals surface area contributed by atoms with E-state index < -0.39 is 0 Å². The van der Waals surface area contributed by atoms with Gasteiger partial charge in [-0.1, -0.05) is 12.1 Å². The van der Waals surface area contributed by atoms with Crippen LogP contribution in [-0.4, -0.2) is 84.0 Å². The summed E-state index contributed by atoms with van der Waals surface area (Å²) in [5.41, 5.74) is 6.59. The third-order valence-electron chi connectivity index (χ3n) is 10.1. The van der Waals surface area contributed by atoms with Gasteiger partial charge in [-0.05, 0) is 85.5 Å². The summed E-state index contributed by atoms with van der Waals surface area (Å²) in [7, 11) is 3.53. The van der Waals surface area contributed by atoms with Crippen LogP contribution in [0, 0.1) is 0 Å². The number of carbonyl (C=O) groups is 3. The molecule has 1 saturated heterocycles. The summed E-state index contributed by atoms with van der Waals surface area (Å²) < 4.78 is 7.61. The highest BCUT2D eigenvalue weighted by Gasteiger charge is 2.48. The van der Waals surface area contributed by atoms with Crippen LogP contribution < -0.4 is 15.5 Å². The molecule has 1 spiro atoms. The number of benzene rings is 2. The molecule has 3 amide bonds. The Bertz CT molecular complexity index is 1810. The number of hydrogen-bond donors (Lipinski definition) is 2. The fourth-order valence-corrected chi connectivity index (χ4v) is 7.17.